The lowest BCUT2D eigenvalue weighted by Gasteiger charge is -2.30. The fourth-order valence-corrected chi connectivity index (χ4v) is 4.17. The number of rotatable bonds is 3. The van der Waals surface area contributed by atoms with Crippen molar-refractivity contribution in [2.24, 2.45) is 11.7 Å². The molecule has 2 N–H and O–H groups in total. The van der Waals surface area contributed by atoms with E-state index in [1.54, 1.807) is 17.0 Å². The molecule has 6 heteroatoms. The molecule has 0 saturated carbocycles. The first-order chi connectivity index (χ1) is 11.5. The number of piperidine rings is 1. The molecule has 1 aromatic carbocycles. The third-order valence-corrected chi connectivity index (χ3v) is 5.62. The van der Waals surface area contributed by atoms with Crippen LogP contribution in [0.25, 0.3) is 10.4 Å². The summed E-state index contributed by atoms with van der Waals surface area (Å²) in [5.74, 6) is -0.959. The van der Waals surface area contributed by atoms with Gasteiger partial charge in [-0.15, -0.1) is 11.3 Å². The van der Waals surface area contributed by atoms with Crippen LogP contribution in [0.2, 0.25) is 0 Å². The molecular weight excluding hydrogens is 327 g/mol. The summed E-state index contributed by atoms with van der Waals surface area (Å²) >= 11 is 1.40. The Morgan fingerprint density at radius 2 is 2.00 bits per heavy atom. The fourth-order valence-electron chi connectivity index (χ4n) is 3.03. The number of benzene rings is 1. The topological polar surface area (TPSA) is 63.4 Å². The van der Waals surface area contributed by atoms with Crippen molar-refractivity contribution in [1.29, 1.82) is 0 Å². The van der Waals surface area contributed by atoms with Crippen LogP contribution in [0.5, 0.6) is 0 Å². The largest absolute Gasteiger partial charge is 0.369 e. The molecule has 0 bridgehead atoms. The van der Waals surface area contributed by atoms with Crippen LogP contribution in [-0.2, 0) is 4.79 Å². The van der Waals surface area contributed by atoms with E-state index in [0.29, 0.717) is 18.0 Å². The van der Waals surface area contributed by atoms with Crippen molar-refractivity contribution in [3.05, 3.63) is 46.6 Å². The van der Waals surface area contributed by atoms with Crippen LogP contribution in [-0.4, -0.2) is 29.8 Å². The van der Waals surface area contributed by atoms with E-state index in [4.69, 9.17) is 5.73 Å². The number of primary amides is 1. The van der Waals surface area contributed by atoms with Crippen LogP contribution in [0, 0.1) is 18.7 Å². The van der Waals surface area contributed by atoms with E-state index in [9.17, 15) is 14.0 Å². The number of hydrogen-bond donors (Lipinski definition) is 1. The summed E-state index contributed by atoms with van der Waals surface area (Å²) in [6, 6.07) is 8.12. The van der Waals surface area contributed by atoms with Crippen LogP contribution in [0.4, 0.5) is 4.39 Å². The van der Waals surface area contributed by atoms with Gasteiger partial charge in [0.05, 0.1) is 10.8 Å². The van der Waals surface area contributed by atoms with Crippen LogP contribution < -0.4 is 5.73 Å². The summed E-state index contributed by atoms with van der Waals surface area (Å²) in [7, 11) is 0. The molecule has 3 rings (SSSR count). The number of aryl methyl sites for hydroxylation is 1. The van der Waals surface area contributed by atoms with E-state index < -0.39 is 0 Å². The Balaban J connectivity index is 1.82. The molecule has 1 aliphatic heterocycles. The number of nitrogens with two attached hydrogens (primary N) is 1. The van der Waals surface area contributed by atoms with E-state index in [-0.39, 0.29) is 23.5 Å². The monoisotopic (exact) mass is 346 g/mol. The van der Waals surface area contributed by atoms with Gasteiger partial charge in [-0.3, -0.25) is 9.59 Å². The Hall–Kier alpha value is -2.21. The van der Waals surface area contributed by atoms with Crippen LogP contribution >= 0.6 is 11.3 Å². The number of amides is 2. The molecule has 2 amide bonds. The molecule has 1 unspecified atom stereocenters. The van der Waals surface area contributed by atoms with Gasteiger partial charge in [0.25, 0.3) is 5.91 Å². The van der Waals surface area contributed by atoms with Gasteiger partial charge in [0.15, 0.2) is 0 Å². The molecule has 0 aliphatic carbocycles. The maximum absolute atomic E-state index is 13.1. The minimum atomic E-state index is -0.345. The maximum atomic E-state index is 13.1. The molecule has 1 aromatic heterocycles. The lowest BCUT2D eigenvalue weighted by molar-refractivity contribution is -0.123. The molecule has 1 fully saturated rings. The van der Waals surface area contributed by atoms with Gasteiger partial charge in [-0.05, 0) is 49.1 Å². The Kier molecular flexibility index (Phi) is 4.66. The SMILES string of the molecule is Cc1cc(C(=O)N2CCCC(C(N)=O)C2)sc1-c1ccc(F)cc1. The van der Waals surface area contributed by atoms with Crippen molar-refractivity contribution in [1.82, 2.24) is 4.90 Å². The van der Waals surface area contributed by atoms with Crippen molar-refractivity contribution in [2.45, 2.75) is 19.8 Å². The number of carbonyl (C=O) groups is 2. The highest BCUT2D eigenvalue weighted by molar-refractivity contribution is 7.17. The van der Waals surface area contributed by atoms with Crippen molar-refractivity contribution in [3.63, 3.8) is 0 Å². The fraction of sp³-hybridized carbons (Fsp3) is 0.333. The highest BCUT2D eigenvalue weighted by Crippen LogP contribution is 2.33. The van der Waals surface area contributed by atoms with Gasteiger partial charge in [0.2, 0.25) is 5.91 Å². The van der Waals surface area contributed by atoms with Crippen LogP contribution in [0.1, 0.15) is 28.1 Å². The van der Waals surface area contributed by atoms with Gasteiger partial charge in [-0.25, -0.2) is 4.39 Å². The summed E-state index contributed by atoms with van der Waals surface area (Å²) < 4.78 is 13.1. The van der Waals surface area contributed by atoms with Crippen LogP contribution in [0.3, 0.4) is 0 Å². The highest BCUT2D eigenvalue weighted by atomic mass is 32.1. The summed E-state index contributed by atoms with van der Waals surface area (Å²) in [5, 5.41) is 0. The van der Waals surface area contributed by atoms with Gasteiger partial charge >= 0.3 is 0 Å². The third kappa shape index (κ3) is 3.33. The molecule has 0 spiro atoms. The average Bonchev–Trinajstić information content (AvgIpc) is 2.97. The second-order valence-electron chi connectivity index (χ2n) is 6.12. The molecule has 2 aromatic rings. The summed E-state index contributed by atoms with van der Waals surface area (Å²) in [5.41, 5.74) is 7.26. The lowest BCUT2D eigenvalue weighted by Crippen LogP contribution is -2.43. The second kappa shape index (κ2) is 6.73. The van der Waals surface area contributed by atoms with Gasteiger partial charge < -0.3 is 10.6 Å². The molecule has 1 saturated heterocycles. The van der Waals surface area contributed by atoms with Crippen molar-refractivity contribution in [2.75, 3.05) is 13.1 Å². The predicted octanol–water partition coefficient (Wildman–Crippen LogP) is 3.20. The predicted molar refractivity (Wildman–Crippen MR) is 92.3 cm³/mol. The van der Waals surface area contributed by atoms with E-state index in [1.807, 2.05) is 13.0 Å². The Labute approximate surface area is 144 Å². The molecule has 2 heterocycles. The number of thiophene rings is 1. The molecule has 24 heavy (non-hydrogen) atoms. The average molecular weight is 346 g/mol. The number of halogens is 1. The standard InChI is InChI=1S/C18H19FN2O2S/c1-11-9-15(24-16(11)12-4-6-14(19)7-5-12)18(23)21-8-2-3-13(10-21)17(20)22/h4-7,9,13H,2-3,8,10H2,1H3,(H2,20,22). The second-order valence-corrected chi connectivity index (χ2v) is 7.17. The third-order valence-electron chi connectivity index (χ3n) is 4.35. The Bertz CT molecular complexity index is 770. The number of carbonyl (C=O) groups excluding carboxylic acids is 2. The van der Waals surface area contributed by atoms with Crippen molar-refractivity contribution >= 4 is 23.2 Å². The zero-order valence-electron chi connectivity index (χ0n) is 13.4. The summed E-state index contributed by atoms with van der Waals surface area (Å²) in [4.78, 5) is 27.4. The first-order valence-electron chi connectivity index (χ1n) is 7.90. The van der Waals surface area contributed by atoms with Gasteiger partial charge in [-0.1, -0.05) is 12.1 Å². The quantitative estimate of drug-likeness (QED) is 0.927. The first kappa shape index (κ1) is 16.6. The lowest BCUT2D eigenvalue weighted by atomic mass is 9.97. The first-order valence-corrected chi connectivity index (χ1v) is 8.72. The Morgan fingerprint density at radius 3 is 2.67 bits per heavy atom. The minimum Gasteiger partial charge on any atom is -0.369 e. The summed E-state index contributed by atoms with van der Waals surface area (Å²) in [6.45, 7) is 2.97. The molecular formula is C18H19FN2O2S. The number of likely N-dealkylation sites (tertiary alicyclic amines) is 1. The maximum Gasteiger partial charge on any atom is 0.263 e. The van der Waals surface area contributed by atoms with E-state index in [1.165, 1.54) is 23.5 Å². The van der Waals surface area contributed by atoms with Crippen molar-refractivity contribution in [3.8, 4) is 10.4 Å². The zero-order chi connectivity index (χ0) is 17.3. The van der Waals surface area contributed by atoms with E-state index in [0.717, 1.165) is 28.8 Å². The zero-order valence-corrected chi connectivity index (χ0v) is 14.2. The molecule has 4 nitrogen and oxygen atoms in total. The molecule has 1 atom stereocenters. The van der Waals surface area contributed by atoms with Gasteiger partial charge in [0.1, 0.15) is 5.82 Å². The minimum absolute atomic E-state index is 0.0672. The molecule has 126 valence electrons. The molecule has 0 radical (unpaired) electrons. The smallest absolute Gasteiger partial charge is 0.263 e. The number of nitrogens with zero attached hydrogens (tertiary/aromatic N) is 1. The van der Waals surface area contributed by atoms with E-state index in [2.05, 4.69) is 0 Å². The van der Waals surface area contributed by atoms with Gasteiger partial charge in [0, 0.05) is 18.0 Å². The van der Waals surface area contributed by atoms with Crippen molar-refractivity contribution < 1.29 is 14.0 Å². The Morgan fingerprint density at radius 1 is 1.29 bits per heavy atom. The van der Waals surface area contributed by atoms with E-state index >= 15 is 0 Å². The summed E-state index contributed by atoms with van der Waals surface area (Å²) in [6.07, 6.45) is 1.53. The highest BCUT2D eigenvalue weighted by Gasteiger charge is 2.28. The van der Waals surface area contributed by atoms with Crippen LogP contribution in [0.15, 0.2) is 30.3 Å². The molecule has 1 aliphatic rings. The normalized spacial score (nSPS) is 17.8. The number of hydrogen-bond acceptors (Lipinski definition) is 3. The van der Waals surface area contributed by atoms with Gasteiger partial charge in [-0.2, -0.15) is 0 Å².